The van der Waals surface area contributed by atoms with Crippen LogP contribution in [0.5, 0.6) is 0 Å². The number of hydrogen-bond acceptors (Lipinski definition) is 4. The minimum atomic E-state index is -0.0894. The lowest BCUT2D eigenvalue weighted by Crippen LogP contribution is -2.26. The molecule has 2 aliphatic rings. The van der Waals surface area contributed by atoms with Gasteiger partial charge >= 0.3 is 0 Å². The average molecular weight is 495 g/mol. The van der Waals surface area contributed by atoms with E-state index in [0.717, 1.165) is 47.5 Å². The number of aromatic nitrogens is 3. The van der Waals surface area contributed by atoms with E-state index < -0.39 is 0 Å². The summed E-state index contributed by atoms with van der Waals surface area (Å²) in [6.45, 7) is 6.62. The molecule has 0 radical (unpaired) electrons. The Morgan fingerprint density at radius 3 is 2.58 bits per heavy atom. The molecule has 0 spiro atoms. The van der Waals surface area contributed by atoms with Gasteiger partial charge in [-0.1, -0.05) is 31.5 Å². The third-order valence-corrected chi connectivity index (χ3v) is 7.31. The van der Waals surface area contributed by atoms with Gasteiger partial charge in [-0.05, 0) is 80.5 Å². The second-order valence-electron chi connectivity index (χ2n) is 10.4. The topological polar surface area (TPSA) is 68.0 Å². The lowest BCUT2D eigenvalue weighted by atomic mass is 9.71. The summed E-state index contributed by atoms with van der Waals surface area (Å²) >= 11 is 6.06. The number of nitrogens with zero attached hydrogens (tertiary/aromatic N) is 3. The number of halogens is 2. The van der Waals surface area contributed by atoms with Crippen molar-refractivity contribution in [1.29, 1.82) is 0 Å². The first-order valence-corrected chi connectivity index (χ1v) is 12.6. The molecule has 2 aromatic rings. The van der Waals surface area contributed by atoms with E-state index >= 15 is 0 Å². The molecule has 182 valence electrons. The average Bonchev–Trinajstić information content (AvgIpc) is 3.45. The molecule has 1 aromatic heterocycles. The van der Waals surface area contributed by atoms with Crippen LogP contribution in [0.2, 0.25) is 5.02 Å². The van der Waals surface area contributed by atoms with E-state index in [1.54, 1.807) is 0 Å². The zero-order chi connectivity index (χ0) is 22.8. The Hall–Kier alpha value is -1.43. The van der Waals surface area contributed by atoms with E-state index in [4.69, 9.17) is 11.6 Å². The van der Waals surface area contributed by atoms with Gasteiger partial charge in [0, 0.05) is 42.3 Å². The third-order valence-electron chi connectivity index (χ3n) is 7.08. The predicted molar refractivity (Wildman–Crippen MR) is 134 cm³/mol. The highest BCUT2D eigenvalue weighted by Gasteiger charge is 2.39. The Bertz CT molecular complexity index is 949. The fourth-order valence-electron chi connectivity index (χ4n) is 5.28. The van der Waals surface area contributed by atoms with Crippen molar-refractivity contribution in [2.45, 2.75) is 90.0 Å². The molecule has 0 saturated heterocycles. The van der Waals surface area contributed by atoms with Crippen LogP contribution in [0.1, 0.15) is 99.4 Å². The highest BCUT2D eigenvalue weighted by molar-refractivity contribution is 6.30. The second-order valence-corrected chi connectivity index (χ2v) is 10.8. The highest BCUT2D eigenvalue weighted by Crippen LogP contribution is 2.48. The number of benzene rings is 1. The molecule has 2 aliphatic carbocycles. The minimum absolute atomic E-state index is 0. The highest BCUT2D eigenvalue weighted by atomic mass is 35.5. The number of carbonyl (C=O) groups is 1. The van der Waals surface area contributed by atoms with Crippen LogP contribution in [-0.4, -0.2) is 32.3 Å². The number of carbonyl (C=O) groups excluding carboxylic acids is 1. The summed E-state index contributed by atoms with van der Waals surface area (Å²) in [5.74, 6) is 4.13. The number of aliphatic hydroxyl groups is 1. The fraction of sp³-hybridized carbons (Fsp3) is 0.654. The summed E-state index contributed by atoms with van der Waals surface area (Å²) < 4.78 is 2.34. The quantitative estimate of drug-likeness (QED) is 0.404. The Morgan fingerprint density at radius 1 is 1.24 bits per heavy atom. The van der Waals surface area contributed by atoms with E-state index in [0.29, 0.717) is 36.2 Å². The van der Waals surface area contributed by atoms with Crippen LogP contribution in [0.25, 0.3) is 0 Å². The van der Waals surface area contributed by atoms with Crippen LogP contribution in [0, 0.1) is 18.8 Å². The maximum Gasteiger partial charge on any atom is 0.138 e. The van der Waals surface area contributed by atoms with Crippen molar-refractivity contribution in [2.24, 2.45) is 11.8 Å². The van der Waals surface area contributed by atoms with Crippen molar-refractivity contribution in [2.75, 3.05) is 6.61 Å². The Morgan fingerprint density at radius 2 is 1.97 bits per heavy atom. The van der Waals surface area contributed by atoms with Gasteiger partial charge in [-0.3, -0.25) is 4.79 Å². The smallest absolute Gasteiger partial charge is 0.138 e. The molecular weight excluding hydrogens is 457 g/mol. The van der Waals surface area contributed by atoms with Gasteiger partial charge in [0.25, 0.3) is 0 Å². The Labute approximate surface area is 208 Å². The zero-order valence-electron chi connectivity index (χ0n) is 20.0. The number of hydrogen-bond donors (Lipinski definition) is 1. The van der Waals surface area contributed by atoms with Gasteiger partial charge in [-0.15, -0.1) is 22.6 Å². The number of Topliss-reactive ketones (excluding diaryl/α,β-unsaturated/α-hetero) is 1. The molecular formula is C26H37Cl2N3O2. The number of ketones is 1. The molecule has 1 atom stereocenters. The van der Waals surface area contributed by atoms with Crippen LogP contribution < -0.4 is 0 Å². The maximum absolute atomic E-state index is 13.0. The molecule has 4 rings (SSSR count). The Kier molecular flexibility index (Phi) is 8.99. The van der Waals surface area contributed by atoms with Gasteiger partial charge in [0.1, 0.15) is 17.4 Å². The fourth-order valence-corrected chi connectivity index (χ4v) is 5.51. The summed E-state index contributed by atoms with van der Waals surface area (Å²) in [6.07, 6.45) is 7.30. The van der Waals surface area contributed by atoms with Crippen LogP contribution in [0.15, 0.2) is 18.2 Å². The van der Waals surface area contributed by atoms with Crippen LogP contribution >= 0.6 is 24.0 Å². The molecule has 5 nitrogen and oxygen atoms in total. The second kappa shape index (κ2) is 11.3. The molecule has 7 heteroatoms. The molecule has 0 aliphatic heterocycles. The van der Waals surface area contributed by atoms with Gasteiger partial charge in [-0.2, -0.15) is 0 Å². The van der Waals surface area contributed by atoms with Crippen molar-refractivity contribution in [1.82, 2.24) is 14.8 Å². The van der Waals surface area contributed by atoms with Crippen molar-refractivity contribution in [3.05, 3.63) is 46.0 Å². The first kappa shape index (κ1) is 26.2. The van der Waals surface area contributed by atoms with Crippen LogP contribution in [0.3, 0.4) is 0 Å². The lowest BCUT2D eigenvalue weighted by Gasteiger charge is -2.36. The number of rotatable bonds is 11. The van der Waals surface area contributed by atoms with E-state index in [1.165, 1.54) is 19.3 Å². The van der Waals surface area contributed by atoms with Gasteiger partial charge in [0.05, 0.1) is 0 Å². The van der Waals surface area contributed by atoms with Crippen LogP contribution in [0.4, 0.5) is 0 Å². The molecule has 1 aromatic carbocycles. The number of aliphatic hydroxyl groups excluding tert-OH is 1. The largest absolute Gasteiger partial charge is 0.396 e. The normalized spacial score (nSPS) is 20.9. The molecule has 0 bridgehead atoms. The van der Waals surface area contributed by atoms with E-state index in [-0.39, 0.29) is 30.7 Å². The molecule has 1 heterocycles. The molecule has 33 heavy (non-hydrogen) atoms. The monoisotopic (exact) mass is 493 g/mol. The number of aryl methyl sites for hydroxylation is 1. The van der Waals surface area contributed by atoms with E-state index in [9.17, 15) is 9.90 Å². The summed E-state index contributed by atoms with van der Waals surface area (Å²) in [4.78, 5) is 13.0. The van der Waals surface area contributed by atoms with Crippen molar-refractivity contribution in [3.8, 4) is 0 Å². The first-order chi connectivity index (χ1) is 15.4. The molecule has 2 fully saturated rings. The molecule has 0 amide bonds. The van der Waals surface area contributed by atoms with E-state index in [2.05, 4.69) is 28.6 Å². The summed E-state index contributed by atoms with van der Waals surface area (Å²) in [5, 5.41) is 19.7. The van der Waals surface area contributed by atoms with Gasteiger partial charge in [-0.25, -0.2) is 0 Å². The summed E-state index contributed by atoms with van der Waals surface area (Å²) in [7, 11) is 0. The predicted octanol–water partition coefficient (Wildman–Crippen LogP) is 6.20. The SMILES string of the molecule is Cc1cc(Cl)ccc1CC(=O)C[C@H](CCO)c1nnc(C2CC(CC(C)C)C2)n1C1CC1.Cl. The summed E-state index contributed by atoms with van der Waals surface area (Å²) in [6, 6.07) is 6.14. The van der Waals surface area contributed by atoms with Gasteiger partial charge < -0.3 is 9.67 Å². The molecule has 2 saturated carbocycles. The van der Waals surface area contributed by atoms with Crippen molar-refractivity contribution in [3.63, 3.8) is 0 Å². The summed E-state index contributed by atoms with van der Waals surface area (Å²) in [5.41, 5.74) is 2.05. The maximum atomic E-state index is 13.0. The standard InChI is InChI=1S/C26H36ClN3O2.ClH/c1-16(2)10-18-12-21(13-18)26-29-28-25(30(26)23-6-7-23)20(8-9-31)15-24(32)14-19-4-5-22(27)11-17(19)3;/h4-5,11,16,18,20-21,23,31H,6-10,12-15H2,1-3H3;1H/t18?,20-,21?;/m0./s1. The van der Waals surface area contributed by atoms with Gasteiger partial charge in [0.15, 0.2) is 0 Å². The van der Waals surface area contributed by atoms with E-state index in [1.807, 2.05) is 25.1 Å². The molecule has 0 unspecified atom stereocenters. The van der Waals surface area contributed by atoms with Crippen LogP contribution in [-0.2, 0) is 11.2 Å². The first-order valence-electron chi connectivity index (χ1n) is 12.2. The lowest BCUT2D eigenvalue weighted by molar-refractivity contribution is -0.118. The van der Waals surface area contributed by atoms with Gasteiger partial charge in [0.2, 0.25) is 0 Å². The van der Waals surface area contributed by atoms with Crippen molar-refractivity contribution < 1.29 is 9.90 Å². The minimum Gasteiger partial charge on any atom is -0.396 e. The molecule has 1 N–H and O–H groups in total. The zero-order valence-corrected chi connectivity index (χ0v) is 21.5. The third kappa shape index (κ3) is 6.37. The Balaban J connectivity index is 0.00000306. The van der Waals surface area contributed by atoms with Crippen molar-refractivity contribution >= 4 is 29.8 Å².